The van der Waals surface area contributed by atoms with E-state index in [0.717, 1.165) is 71.8 Å². The van der Waals surface area contributed by atoms with Gasteiger partial charge < -0.3 is 13.4 Å². The highest BCUT2D eigenvalue weighted by Gasteiger charge is 2.19. The van der Waals surface area contributed by atoms with Gasteiger partial charge in [-0.05, 0) is 83.9 Å². The molecule has 0 atom stereocenters. The molecule has 0 N–H and O–H groups in total. The van der Waals surface area contributed by atoms with Gasteiger partial charge in [-0.2, -0.15) is 0 Å². The summed E-state index contributed by atoms with van der Waals surface area (Å²) < 4.78 is 15.0. The molecule has 0 bridgehead atoms. The van der Waals surface area contributed by atoms with Crippen LogP contribution in [0.15, 0.2) is 191 Å². The minimum atomic E-state index is 0.570. The predicted molar refractivity (Wildman–Crippen MR) is 230 cm³/mol. The van der Waals surface area contributed by atoms with Gasteiger partial charge in [0, 0.05) is 54.7 Å². The fourth-order valence-corrected chi connectivity index (χ4v) is 8.41. The lowest BCUT2D eigenvalue weighted by Gasteiger charge is -2.09. The van der Waals surface area contributed by atoms with Gasteiger partial charge in [0.15, 0.2) is 17.5 Å². The van der Waals surface area contributed by atoms with Crippen LogP contribution in [0.3, 0.4) is 0 Å². The molecule has 0 aliphatic carbocycles. The number of rotatable bonds is 5. The fraction of sp³-hybridized carbons (Fsp3) is 0. The molecule has 0 fully saturated rings. The van der Waals surface area contributed by atoms with Crippen LogP contribution in [0.4, 0.5) is 0 Å². The smallest absolute Gasteiger partial charge is 0.164 e. The molecule has 4 aromatic heterocycles. The third-order valence-electron chi connectivity index (χ3n) is 11.1. The Morgan fingerprint density at radius 1 is 0.333 bits per heavy atom. The Labute approximate surface area is 325 Å². The third-order valence-corrected chi connectivity index (χ3v) is 11.1. The lowest BCUT2D eigenvalue weighted by atomic mass is 9.97. The Morgan fingerprint density at radius 2 is 0.877 bits per heavy atom. The molecule has 8 aromatic carbocycles. The maximum atomic E-state index is 6.55. The topological polar surface area (TPSA) is 69.9 Å². The first-order valence-electron chi connectivity index (χ1n) is 19.0. The second-order valence-corrected chi connectivity index (χ2v) is 14.4. The number of benzene rings is 8. The number of nitrogens with zero attached hydrogens (tertiary/aromatic N) is 4. The summed E-state index contributed by atoms with van der Waals surface area (Å²) in [6, 6.07) is 62.8. The first-order valence-corrected chi connectivity index (χ1v) is 19.0. The summed E-state index contributed by atoms with van der Waals surface area (Å²) in [5, 5.41) is 6.61. The second-order valence-electron chi connectivity index (χ2n) is 14.4. The average Bonchev–Trinajstić information content (AvgIpc) is 3.95. The number of fused-ring (bicyclic) bond motifs is 9. The van der Waals surface area contributed by atoms with Crippen LogP contribution < -0.4 is 0 Å². The van der Waals surface area contributed by atoms with Crippen molar-refractivity contribution in [3.8, 4) is 51.0 Å². The molecule has 0 radical (unpaired) electrons. The quantitative estimate of drug-likeness (QED) is 0.176. The molecule has 0 saturated heterocycles. The number of hydrogen-bond donors (Lipinski definition) is 0. The summed E-state index contributed by atoms with van der Waals surface area (Å²) in [6.45, 7) is 0. The van der Waals surface area contributed by atoms with Crippen molar-refractivity contribution in [1.29, 1.82) is 0 Å². The van der Waals surface area contributed by atoms with Crippen molar-refractivity contribution in [2.24, 2.45) is 0 Å². The van der Waals surface area contributed by atoms with Crippen LogP contribution in [0.5, 0.6) is 0 Å². The minimum Gasteiger partial charge on any atom is -0.456 e. The van der Waals surface area contributed by atoms with E-state index in [4.69, 9.17) is 23.8 Å². The van der Waals surface area contributed by atoms with Crippen LogP contribution >= 0.6 is 0 Å². The molecule has 266 valence electrons. The van der Waals surface area contributed by atoms with Gasteiger partial charge >= 0.3 is 0 Å². The first kappa shape index (κ1) is 31.5. The zero-order valence-corrected chi connectivity index (χ0v) is 30.4. The van der Waals surface area contributed by atoms with Crippen molar-refractivity contribution in [2.75, 3.05) is 0 Å². The average molecular weight is 731 g/mol. The maximum absolute atomic E-state index is 6.55. The highest BCUT2D eigenvalue weighted by Crippen LogP contribution is 2.41. The summed E-state index contributed by atoms with van der Waals surface area (Å²) in [6.07, 6.45) is 0. The van der Waals surface area contributed by atoms with E-state index in [9.17, 15) is 0 Å². The monoisotopic (exact) mass is 730 g/mol. The van der Waals surface area contributed by atoms with Crippen molar-refractivity contribution >= 4 is 65.7 Å². The van der Waals surface area contributed by atoms with E-state index in [-0.39, 0.29) is 0 Å². The van der Waals surface area contributed by atoms with E-state index in [1.165, 1.54) is 27.4 Å². The Bertz CT molecular complexity index is 3530. The molecule has 12 rings (SSSR count). The number of furan rings is 2. The van der Waals surface area contributed by atoms with Crippen LogP contribution in [0.2, 0.25) is 0 Å². The molecule has 6 heteroatoms. The van der Waals surface area contributed by atoms with Crippen molar-refractivity contribution in [3.05, 3.63) is 182 Å². The lowest BCUT2D eigenvalue weighted by molar-refractivity contribution is 0.668. The Kier molecular flexibility index (Phi) is 6.83. The summed E-state index contributed by atoms with van der Waals surface area (Å²) in [7, 11) is 0. The lowest BCUT2D eigenvalue weighted by Crippen LogP contribution is -2.00. The van der Waals surface area contributed by atoms with E-state index >= 15 is 0 Å². The molecule has 0 unspecified atom stereocenters. The van der Waals surface area contributed by atoms with Gasteiger partial charge in [-0.25, -0.2) is 15.0 Å². The van der Waals surface area contributed by atoms with E-state index in [1.807, 2.05) is 66.7 Å². The number of hydrogen-bond acceptors (Lipinski definition) is 5. The molecule has 4 heterocycles. The van der Waals surface area contributed by atoms with Crippen molar-refractivity contribution in [3.63, 3.8) is 0 Å². The van der Waals surface area contributed by atoms with Crippen LogP contribution in [0, 0.1) is 0 Å². The van der Waals surface area contributed by atoms with Crippen LogP contribution in [0.25, 0.3) is 117 Å². The van der Waals surface area contributed by atoms with E-state index in [1.54, 1.807) is 0 Å². The van der Waals surface area contributed by atoms with E-state index < -0.39 is 0 Å². The second kappa shape index (κ2) is 12.3. The molecule has 0 aliphatic heterocycles. The molecule has 0 spiro atoms. The summed E-state index contributed by atoms with van der Waals surface area (Å²) in [5.74, 6) is 1.76. The number of para-hydroxylation sites is 3. The first-order chi connectivity index (χ1) is 28.2. The van der Waals surface area contributed by atoms with Crippen LogP contribution in [-0.4, -0.2) is 19.5 Å². The molecular formula is C51H30N4O2. The predicted octanol–water partition coefficient (Wildman–Crippen LogP) is 13.4. The van der Waals surface area contributed by atoms with E-state index in [2.05, 4.69) is 120 Å². The van der Waals surface area contributed by atoms with Crippen molar-refractivity contribution in [1.82, 2.24) is 19.5 Å². The third kappa shape index (κ3) is 5.01. The van der Waals surface area contributed by atoms with E-state index in [0.29, 0.717) is 17.5 Å². The Balaban J connectivity index is 0.993. The van der Waals surface area contributed by atoms with Crippen LogP contribution in [0.1, 0.15) is 0 Å². The molecule has 6 nitrogen and oxygen atoms in total. The molecular weight excluding hydrogens is 701 g/mol. The number of aromatic nitrogens is 4. The largest absolute Gasteiger partial charge is 0.456 e. The van der Waals surface area contributed by atoms with Gasteiger partial charge in [0.1, 0.15) is 22.3 Å². The standard InChI is InChI=1S/C51H30N4O2/c1-3-12-31(13-4-1)49-52-50(33-24-27-45-41(29-33)37-16-8-10-21-44(37)56-45)54-51(53-49)34-22-25-38-40-28-32(23-26-46(40)57-47(38)30-34)36-18-11-20-43-48(36)39-17-7-9-19-42(39)55(43)35-14-5-2-6-15-35/h1-30H. The van der Waals surface area contributed by atoms with Gasteiger partial charge in [-0.3, -0.25) is 0 Å². The Hall–Kier alpha value is -7.83. The normalized spacial score (nSPS) is 11.9. The van der Waals surface area contributed by atoms with Gasteiger partial charge in [-0.15, -0.1) is 0 Å². The summed E-state index contributed by atoms with van der Waals surface area (Å²) in [4.78, 5) is 15.1. The molecule has 0 amide bonds. The zero-order valence-electron chi connectivity index (χ0n) is 30.4. The summed E-state index contributed by atoms with van der Waals surface area (Å²) in [5.41, 5.74) is 11.7. The molecule has 57 heavy (non-hydrogen) atoms. The minimum absolute atomic E-state index is 0.570. The van der Waals surface area contributed by atoms with Gasteiger partial charge in [0.05, 0.1) is 11.0 Å². The highest BCUT2D eigenvalue weighted by atomic mass is 16.3. The van der Waals surface area contributed by atoms with Crippen molar-refractivity contribution in [2.45, 2.75) is 0 Å². The molecule has 0 saturated carbocycles. The Morgan fingerprint density at radius 3 is 1.67 bits per heavy atom. The highest BCUT2D eigenvalue weighted by molar-refractivity contribution is 6.17. The van der Waals surface area contributed by atoms with Crippen molar-refractivity contribution < 1.29 is 8.83 Å². The fourth-order valence-electron chi connectivity index (χ4n) is 8.41. The van der Waals surface area contributed by atoms with Gasteiger partial charge in [-0.1, -0.05) is 109 Å². The molecule has 0 aliphatic rings. The SMILES string of the molecule is c1ccc(-c2nc(-c3ccc4c(c3)oc3ccc(-c5cccc6c5c5ccccc5n6-c5ccccc5)cc34)nc(-c3ccc4oc5ccccc5c4c3)n2)cc1. The van der Waals surface area contributed by atoms with Gasteiger partial charge in [0.25, 0.3) is 0 Å². The van der Waals surface area contributed by atoms with Crippen LogP contribution in [-0.2, 0) is 0 Å². The summed E-state index contributed by atoms with van der Waals surface area (Å²) >= 11 is 0. The zero-order chi connectivity index (χ0) is 37.5. The maximum Gasteiger partial charge on any atom is 0.164 e. The van der Waals surface area contributed by atoms with Gasteiger partial charge in [0.2, 0.25) is 0 Å². The molecule has 12 aromatic rings.